The molecule has 19 nitrogen and oxygen atoms in total. The van der Waals surface area contributed by atoms with Gasteiger partial charge in [-0.2, -0.15) is 0 Å². The van der Waals surface area contributed by atoms with E-state index in [9.17, 15) is 61.0 Å². The standard InChI is InChI=1S/C32H38O19/c1-10-19(37)28(50-30-24(42)20(38)15(36)8-45-30)26(44)31(47-10)46-9-17-21(39)23(41)25(43)32(49-17)51-29-22(40)18-14(35)6-13(34)7-16(18)48-27(29)11-2-4-12(33)5-3-11/h2-7,10,15,17,19-21,23-26,28,30-39,41-44H,8-9H2,1H3/t10-,15+,17+,19-,20-,21+,23-,24+,25+,26+,28+,30-,31+,32-/m0/s1. The molecule has 0 bridgehead atoms. The van der Waals surface area contributed by atoms with Crippen molar-refractivity contribution in [3.8, 4) is 34.3 Å². The molecule has 4 heterocycles. The minimum Gasteiger partial charge on any atom is -0.508 e. The molecule has 3 aliphatic heterocycles. The Morgan fingerprint density at radius 2 is 1.43 bits per heavy atom. The van der Waals surface area contributed by atoms with Crippen LogP contribution < -0.4 is 10.2 Å². The van der Waals surface area contributed by atoms with Gasteiger partial charge in [0, 0.05) is 17.7 Å². The predicted molar refractivity (Wildman–Crippen MR) is 165 cm³/mol. The molecule has 11 N–H and O–H groups in total. The first-order chi connectivity index (χ1) is 24.2. The topological polar surface area (TPSA) is 308 Å². The number of hydrogen-bond donors (Lipinski definition) is 11. The van der Waals surface area contributed by atoms with Crippen molar-refractivity contribution in [2.45, 2.75) is 92.9 Å². The van der Waals surface area contributed by atoms with Crippen molar-refractivity contribution >= 4 is 11.0 Å². The number of benzene rings is 2. The Bertz CT molecular complexity index is 1730. The molecule has 280 valence electrons. The van der Waals surface area contributed by atoms with Crippen LogP contribution in [0.15, 0.2) is 45.6 Å². The number of ether oxygens (including phenoxy) is 6. The summed E-state index contributed by atoms with van der Waals surface area (Å²) in [5, 5.41) is 114. The Hall–Kier alpha value is -3.67. The van der Waals surface area contributed by atoms with Crippen molar-refractivity contribution < 1.29 is 89.0 Å². The molecule has 3 saturated heterocycles. The van der Waals surface area contributed by atoms with E-state index >= 15 is 0 Å². The van der Waals surface area contributed by atoms with Gasteiger partial charge in [-0.1, -0.05) is 0 Å². The maximum Gasteiger partial charge on any atom is 0.239 e. The van der Waals surface area contributed by atoms with E-state index in [1.807, 2.05) is 0 Å². The number of hydrogen-bond acceptors (Lipinski definition) is 19. The average molecular weight is 727 g/mol. The zero-order valence-corrected chi connectivity index (χ0v) is 26.6. The molecular weight excluding hydrogens is 688 g/mol. The van der Waals surface area contributed by atoms with Gasteiger partial charge in [-0.05, 0) is 31.2 Å². The summed E-state index contributed by atoms with van der Waals surface area (Å²) in [5.74, 6) is -2.13. The van der Waals surface area contributed by atoms with Crippen molar-refractivity contribution in [1.82, 2.24) is 0 Å². The Balaban J connectivity index is 1.22. The minimum absolute atomic E-state index is 0.127. The maximum atomic E-state index is 13.7. The highest BCUT2D eigenvalue weighted by Crippen LogP contribution is 2.38. The summed E-state index contributed by atoms with van der Waals surface area (Å²) in [4.78, 5) is 13.7. The van der Waals surface area contributed by atoms with Crippen molar-refractivity contribution in [3.63, 3.8) is 0 Å². The molecule has 0 unspecified atom stereocenters. The number of fused-ring (bicyclic) bond motifs is 1. The highest BCUT2D eigenvalue weighted by Gasteiger charge is 2.50. The number of phenols is 3. The van der Waals surface area contributed by atoms with Crippen LogP contribution in [0.4, 0.5) is 0 Å². The van der Waals surface area contributed by atoms with Crippen LogP contribution in [0.25, 0.3) is 22.3 Å². The normalized spacial score (nSPS) is 37.4. The Morgan fingerprint density at radius 1 is 0.745 bits per heavy atom. The number of aliphatic hydroxyl groups is 8. The molecule has 14 atom stereocenters. The molecule has 0 amide bonds. The number of phenolic OH excluding ortho intramolecular Hbond substituents is 3. The summed E-state index contributed by atoms with van der Waals surface area (Å²) in [6.45, 7) is 0.340. The van der Waals surface area contributed by atoms with Crippen LogP contribution in [-0.2, 0) is 23.7 Å². The first kappa shape index (κ1) is 37.1. The third kappa shape index (κ3) is 7.22. The predicted octanol–water partition coefficient (Wildman–Crippen LogP) is -2.93. The molecule has 0 radical (unpaired) electrons. The zero-order valence-electron chi connectivity index (χ0n) is 26.6. The van der Waals surface area contributed by atoms with E-state index < -0.39 is 127 Å². The Morgan fingerprint density at radius 3 is 2.14 bits per heavy atom. The van der Waals surface area contributed by atoms with Crippen LogP contribution in [0.1, 0.15) is 6.92 Å². The lowest BCUT2D eigenvalue weighted by Gasteiger charge is -2.45. The van der Waals surface area contributed by atoms with Gasteiger partial charge in [-0.25, -0.2) is 0 Å². The molecule has 0 spiro atoms. The molecule has 0 saturated carbocycles. The van der Waals surface area contributed by atoms with E-state index in [-0.39, 0.29) is 22.7 Å². The van der Waals surface area contributed by atoms with Crippen LogP contribution in [0.5, 0.6) is 23.0 Å². The number of rotatable bonds is 8. The lowest BCUT2D eigenvalue weighted by Crippen LogP contribution is -2.63. The second-order valence-electron chi connectivity index (χ2n) is 12.5. The SMILES string of the molecule is C[C@@H]1O[C@@H](OC[C@H]2O[C@@H](Oc3c(-c4ccc(O)cc4)oc4cc(O)cc(O)c4c3=O)[C@H](O)[C@@H](O)[C@@H]2O)[C@H](O)[C@H](O[C@@H]2OC[C@@H](O)[C@H](O)[C@H]2O)[C@H]1O. The Labute approximate surface area is 287 Å². The first-order valence-electron chi connectivity index (χ1n) is 15.8. The fraction of sp³-hybridized carbons (Fsp3) is 0.531. The van der Waals surface area contributed by atoms with E-state index in [1.165, 1.54) is 31.2 Å². The van der Waals surface area contributed by atoms with Crippen molar-refractivity contribution in [2.24, 2.45) is 0 Å². The van der Waals surface area contributed by atoms with Crippen LogP contribution in [0.3, 0.4) is 0 Å². The molecule has 6 rings (SSSR count). The second kappa shape index (κ2) is 14.8. The minimum atomic E-state index is -1.98. The summed E-state index contributed by atoms with van der Waals surface area (Å²) < 4.78 is 39.3. The number of aliphatic hydroxyl groups excluding tert-OH is 8. The monoisotopic (exact) mass is 726 g/mol. The molecule has 0 aliphatic carbocycles. The van der Waals surface area contributed by atoms with E-state index in [4.69, 9.17) is 32.8 Å². The molecule has 3 aromatic rings. The van der Waals surface area contributed by atoms with Gasteiger partial charge < -0.3 is 89.0 Å². The summed E-state index contributed by atoms with van der Waals surface area (Å²) in [6.07, 6.45) is -23.0. The van der Waals surface area contributed by atoms with Gasteiger partial charge in [-0.15, -0.1) is 0 Å². The van der Waals surface area contributed by atoms with E-state index in [1.54, 1.807) is 0 Å². The van der Waals surface area contributed by atoms with E-state index in [0.29, 0.717) is 0 Å². The average Bonchev–Trinajstić information content (AvgIpc) is 3.09. The van der Waals surface area contributed by atoms with Gasteiger partial charge in [0.05, 0.1) is 19.3 Å². The summed E-state index contributed by atoms with van der Waals surface area (Å²) in [7, 11) is 0. The van der Waals surface area contributed by atoms with Gasteiger partial charge in [-0.3, -0.25) is 4.79 Å². The van der Waals surface area contributed by atoms with E-state index in [0.717, 1.165) is 12.1 Å². The summed E-state index contributed by atoms with van der Waals surface area (Å²) in [6, 6.07) is 7.23. The molecule has 19 heteroatoms. The fourth-order valence-electron chi connectivity index (χ4n) is 5.98. The zero-order chi connectivity index (χ0) is 36.9. The van der Waals surface area contributed by atoms with Crippen molar-refractivity contribution in [3.05, 3.63) is 46.6 Å². The largest absolute Gasteiger partial charge is 0.508 e. The first-order valence-corrected chi connectivity index (χ1v) is 15.8. The van der Waals surface area contributed by atoms with Crippen LogP contribution in [-0.4, -0.2) is 155 Å². The van der Waals surface area contributed by atoms with Gasteiger partial charge in [0.25, 0.3) is 0 Å². The molecule has 3 aliphatic rings. The highest BCUT2D eigenvalue weighted by atomic mass is 16.7. The third-order valence-corrected chi connectivity index (χ3v) is 8.90. The van der Waals surface area contributed by atoms with Crippen LogP contribution in [0, 0.1) is 0 Å². The smallest absolute Gasteiger partial charge is 0.239 e. The third-order valence-electron chi connectivity index (χ3n) is 8.90. The van der Waals surface area contributed by atoms with Crippen LogP contribution in [0.2, 0.25) is 0 Å². The quantitative estimate of drug-likeness (QED) is 0.111. The van der Waals surface area contributed by atoms with Gasteiger partial charge >= 0.3 is 0 Å². The second-order valence-corrected chi connectivity index (χ2v) is 12.5. The fourth-order valence-corrected chi connectivity index (χ4v) is 5.98. The van der Waals surface area contributed by atoms with Crippen molar-refractivity contribution in [1.29, 1.82) is 0 Å². The number of aromatic hydroxyl groups is 3. The highest BCUT2D eigenvalue weighted by molar-refractivity contribution is 5.88. The maximum absolute atomic E-state index is 13.7. The lowest BCUT2D eigenvalue weighted by atomic mass is 9.98. The molecular formula is C32H38O19. The summed E-state index contributed by atoms with van der Waals surface area (Å²) >= 11 is 0. The van der Waals surface area contributed by atoms with E-state index in [2.05, 4.69) is 0 Å². The van der Waals surface area contributed by atoms with Crippen LogP contribution >= 0.6 is 0 Å². The van der Waals surface area contributed by atoms with Gasteiger partial charge in [0.2, 0.25) is 17.5 Å². The van der Waals surface area contributed by atoms with Gasteiger partial charge in [0.1, 0.15) is 89.3 Å². The molecule has 2 aromatic carbocycles. The van der Waals surface area contributed by atoms with Crippen molar-refractivity contribution in [2.75, 3.05) is 13.2 Å². The van der Waals surface area contributed by atoms with Gasteiger partial charge in [0.15, 0.2) is 18.3 Å². The Kier molecular flexibility index (Phi) is 10.7. The molecule has 1 aromatic heterocycles. The molecule has 51 heavy (non-hydrogen) atoms. The molecule has 3 fully saturated rings. The lowest BCUT2D eigenvalue weighted by molar-refractivity contribution is -0.351. The summed E-state index contributed by atoms with van der Waals surface area (Å²) in [5.41, 5.74) is -1.05.